The van der Waals surface area contributed by atoms with Gasteiger partial charge in [-0.15, -0.1) is 0 Å². The maximum absolute atomic E-state index is 13.8. The molecule has 1 heterocycles. The van der Waals surface area contributed by atoms with Crippen molar-refractivity contribution in [3.8, 4) is 22.4 Å². The fourth-order valence-electron chi connectivity index (χ4n) is 4.42. The van der Waals surface area contributed by atoms with Crippen molar-refractivity contribution in [2.24, 2.45) is 0 Å². The van der Waals surface area contributed by atoms with Crippen molar-refractivity contribution in [1.29, 1.82) is 0 Å². The second kappa shape index (κ2) is 9.69. The fraction of sp³-hybridized carbons (Fsp3) is 0.207. The lowest BCUT2D eigenvalue weighted by Gasteiger charge is -2.16. The standard InChI is InChI=1S/C29H30N2O/c1-4-20-31-27(21(2)3)26(29(32)30-24-18-12-7-13-19-24)25(22-14-8-5-9-15-22)28(31)23-16-10-6-11-17-23/h5-19,21H,4,20H2,1-3H3,(H,30,32). The molecule has 3 heteroatoms. The maximum atomic E-state index is 13.8. The highest BCUT2D eigenvalue weighted by Gasteiger charge is 2.30. The van der Waals surface area contributed by atoms with Crippen molar-refractivity contribution >= 4 is 11.6 Å². The molecule has 3 aromatic carbocycles. The minimum Gasteiger partial charge on any atom is -0.343 e. The number of nitrogens with zero attached hydrogens (tertiary/aromatic N) is 1. The molecule has 3 nitrogen and oxygen atoms in total. The smallest absolute Gasteiger partial charge is 0.258 e. The van der Waals surface area contributed by atoms with Crippen molar-refractivity contribution in [1.82, 2.24) is 4.57 Å². The van der Waals surface area contributed by atoms with Crippen LogP contribution in [0.1, 0.15) is 49.2 Å². The second-order valence-electron chi connectivity index (χ2n) is 8.34. The lowest BCUT2D eigenvalue weighted by molar-refractivity contribution is 0.102. The fourth-order valence-corrected chi connectivity index (χ4v) is 4.42. The van der Waals surface area contributed by atoms with Crippen LogP contribution in [0.5, 0.6) is 0 Å². The van der Waals surface area contributed by atoms with E-state index in [1.54, 1.807) is 0 Å². The lowest BCUT2D eigenvalue weighted by atomic mass is 9.94. The van der Waals surface area contributed by atoms with Gasteiger partial charge in [0.05, 0.1) is 11.3 Å². The molecule has 162 valence electrons. The topological polar surface area (TPSA) is 34.0 Å². The molecule has 1 aromatic heterocycles. The van der Waals surface area contributed by atoms with E-state index < -0.39 is 0 Å². The summed E-state index contributed by atoms with van der Waals surface area (Å²) in [6.45, 7) is 7.38. The minimum atomic E-state index is -0.0641. The number of nitrogens with one attached hydrogen (secondary N) is 1. The summed E-state index contributed by atoms with van der Waals surface area (Å²) >= 11 is 0. The van der Waals surface area contributed by atoms with Gasteiger partial charge in [-0.3, -0.25) is 4.79 Å². The molecule has 1 N–H and O–H groups in total. The van der Waals surface area contributed by atoms with E-state index in [1.807, 2.05) is 54.6 Å². The molecule has 0 saturated heterocycles. The van der Waals surface area contributed by atoms with Gasteiger partial charge in [-0.25, -0.2) is 0 Å². The zero-order valence-corrected chi connectivity index (χ0v) is 19.0. The Morgan fingerprint density at radius 3 is 1.88 bits per heavy atom. The van der Waals surface area contributed by atoms with Crippen molar-refractivity contribution in [3.05, 3.63) is 102 Å². The zero-order valence-electron chi connectivity index (χ0n) is 19.0. The Labute approximate surface area is 190 Å². The highest BCUT2D eigenvalue weighted by molar-refractivity contribution is 6.12. The molecule has 0 aliphatic heterocycles. The molecule has 4 aromatic rings. The quantitative estimate of drug-likeness (QED) is 0.327. The van der Waals surface area contributed by atoms with Crippen molar-refractivity contribution in [2.75, 3.05) is 5.32 Å². The van der Waals surface area contributed by atoms with E-state index in [0.717, 1.165) is 52.3 Å². The Kier molecular flexibility index (Phi) is 6.55. The Balaban J connectivity index is 2.03. The van der Waals surface area contributed by atoms with Crippen LogP contribution in [0.15, 0.2) is 91.0 Å². The van der Waals surface area contributed by atoms with Crippen LogP contribution in [0.4, 0.5) is 5.69 Å². The monoisotopic (exact) mass is 422 g/mol. The van der Waals surface area contributed by atoms with Gasteiger partial charge in [0.15, 0.2) is 0 Å². The number of aromatic nitrogens is 1. The molecule has 0 unspecified atom stereocenters. The third-order valence-electron chi connectivity index (χ3n) is 5.67. The molecular weight excluding hydrogens is 392 g/mol. The highest BCUT2D eigenvalue weighted by Crippen LogP contribution is 2.42. The summed E-state index contributed by atoms with van der Waals surface area (Å²) in [5.74, 6) is 0.129. The Morgan fingerprint density at radius 1 is 0.812 bits per heavy atom. The van der Waals surface area contributed by atoms with E-state index in [-0.39, 0.29) is 11.8 Å². The summed E-state index contributed by atoms with van der Waals surface area (Å²) in [5.41, 5.74) is 6.95. The van der Waals surface area contributed by atoms with Gasteiger partial charge in [0, 0.05) is 23.5 Å². The van der Waals surface area contributed by atoms with Crippen LogP contribution in [0.25, 0.3) is 22.4 Å². The zero-order chi connectivity index (χ0) is 22.5. The molecule has 1 amide bonds. The largest absolute Gasteiger partial charge is 0.343 e. The van der Waals surface area contributed by atoms with Crippen LogP contribution in [-0.4, -0.2) is 10.5 Å². The number of benzene rings is 3. The number of hydrogen-bond acceptors (Lipinski definition) is 1. The maximum Gasteiger partial charge on any atom is 0.258 e. The first-order valence-electron chi connectivity index (χ1n) is 11.4. The molecule has 0 radical (unpaired) electrons. The van der Waals surface area contributed by atoms with Crippen LogP contribution >= 0.6 is 0 Å². The third kappa shape index (κ3) is 4.24. The van der Waals surface area contributed by atoms with E-state index >= 15 is 0 Å². The summed E-state index contributed by atoms with van der Waals surface area (Å²) in [6, 6.07) is 30.4. The summed E-state index contributed by atoms with van der Waals surface area (Å²) in [5, 5.41) is 3.15. The minimum absolute atomic E-state index is 0.0641. The van der Waals surface area contributed by atoms with E-state index in [0.29, 0.717) is 0 Å². The number of rotatable bonds is 7. The normalized spacial score (nSPS) is 11.0. The molecule has 4 rings (SSSR count). The summed E-state index contributed by atoms with van der Waals surface area (Å²) in [4.78, 5) is 13.8. The lowest BCUT2D eigenvalue weighted by Crippen LogP contribution is -2.16. The number of anilines is 1. The van der Waals surface area contributed by atoms with Crippen LogP contribution < -0.4 is 5.32 Å². The molecule has 0 fully saturated rings. The number of carbonyl (C=O) groups excluding carboxylic acids is 1. The van der Waals surface area contributed by atoms with E-state index in [9.17, 15) is 4.79 Å². The van der Waals surface area contributed by atoms with Gasteiger partial charge in [0.1, 0.15) is 0 Å². The number of para-hydroxylation sites is 1. The second-order valence-corrected chi connectivity index (χ2v) is 8.34. The van der Waals surface area contributed by atoms with Gasteiger partial charge in [-0.1, -0.05) is 99.6 Å². The molecule has 0 aliphatic carbocycles. The van der Waals surface area contributed by atoms with Gasteiger partial charge in [-0.2, -0.15) is 0 Å². The van der Waals surface area contributed by atoms with Gasteiger partial charge in [-0.05, 0) is 35.6 Å². The van der Waals surface area contributed by atoms with E-state index in [2.05, 4.69) is 67.1 Å². The van der Waals surface area contributed by atoms with Crippen LogP contribution in [0, 0.1) is 0 Å². The van der Waals surface area contributed by atoms with Gasteiger partial charge in [0.2, 0.25) is 0 Å². The van der Waals surface area contributed by atoms with E-state index in [4.69, 9.17) is 0 Å². The van der Waals surface area contributed by atoms with Crippen LogP contribution in [0.3, 0.4) is 0 Å². The molecule has 0 saturated carbocycles. The molecule has 0 spiro atoms. The highest BCUT2D eigenvalue weighted by atomic mass is 16.1. The van der Waals surface area contributed by atoms with Crippen molar-refractivity contribution < 1.29 is 4.79 Å². The molecule has 0 bridgehead atoms. The van der Waals surface area contributed by atoms with E-state index in [1.165, 1.54) is 0 Å². The van der Waals surface area contributed by atoms with Crippen molar-refractivity contribution in [3.63, 3.8) is 0 Å². The first-order chi connectivity index (χ1) is 15.6. The van der Waals surface area contributed by atoms with Crippen LogP contribution in [0.2, 0.25) is 0 Å². The Morgan fingerprint density at radius 2 is 1.34 bits per heavy atom. The summed E-state index contributed by atoms with van der Waals surface area (Å²) in [7, 11) is 0. The molecular formula is C29H30N2O. The molecule has 32 heavy (non-hydrogen) atoms. The average Bonchev–Trinajstić information content (AvgIpc) is 3.16. The SMILES string of the molecule is CCCn1c(-c2ccccc2)c(-c2ccccc2)c(C(=O)Nc2ccccc2)c1C(C)C. The van der Waals surface area contributed by atoms with Gasteiger partial charge < -0.3 is 9.88 Å². The molecule has 0 atom stereocenters. The average molecular weight is 423 g/mol. The molecule has 0 aliphatic rings. The van der Waals surface area contributed by atoms with Gasteiger partial charge >= 0.3 is 0 Å². The third-order valence-corrected chi connectivity index (χ3v) is 5.67. The summed E-state index contributed by atoms with van der Waals surface area (Å²) in [6.07, 6.45) is 0.988. The van der Waals surface area contributed by atoms with Crippen LogP contribution in [-0.2, 0) is 6.54 Å². The first kappa shape index (κ1) is 21.6. The predicted molar refractivity (Wildman–Crippen MR) is 134 cm³/mol. The Bertz CT molecular complexity index is 1180. The predicted octanol–water partition coefficient (Wildman–Crippen LogP) is 7.61. The van der Waals surface area contributed by atoms with Crippen molar-refractivity contribution in [2.45, 2.75) is 39.7 Å². The first-order valence-corrected chi connectivity index (χ1v) is 11.4. The summed E-state index contributed by atoms with van der Waals surface area (Å²) < 4.78 is 2.36. The number of hydrogen-bond donors (Lipinski definition) is 1. The Hall–Kier alpha value is -3.59. The van der Waals surface area contributed by atoms with Gasteiger partial charge in [0.25, 0.3) is 5.91 Å². The number of amides is 1. The number of carbonyl (C=O) groups is 1.